The molecule has 0 saturated carbocycles. The minimum Gasteiger partial charge on any atom is -0.229 e. The summed E-state index contributed by atoms with van der Waals surface area (Å²) in [6.07, 6.45) is -6.54. The molecule has 0 aromatic heterocycles. The molecule has 10 heteroatoms. The lowest BCUT2D eigenvalue weighted by Crippen LogP contribution is -2.07. The van der Waals surface area contributed by atoms with E-state index in [4.69, 9.17) is 0 Å². The number of hydrogen-bond donors (Lipinski definition) is 0. The van der Waals surface area contributed by atoms with Crippen LogP contribution >= 0.6 is 23.5 Å². The zero-order chi connectivity index (χ0) is 21.2. The van der Waals surface area contributed by atoms with Gasteiger partial charge >= 0.3 is 0 Å². The molecule has 0 aliphatic carbocycles. The summed E-state index contributed by atoms with van der Waals surface area (Å²) in [5, 5.41) is 0. The zero-order valence-corrected chi connectivity index (χ0v) is 16.1. The fraction of sp³-hybridized carbons (Fsp3) is 0.333. The topological polar surface area (TPSA) is 0 Å². The van der Waals surface area contributed by atoms with Gasteiger partial charge in [0.1, 0.15) is 11.6 Å². The molecule has 0 nitrogen and oxygen atoms in total. The molecular weight excluding hydrogens is 432 g/mol. The lowest BCUT2D eigenvalue weighted by molar-refractivity contribution is 0.0951. The van der Waals surface area contributed by atoms with Crippen molar-refractivity contribution < 1.29 is 35.1 Å². The molecule has 2 aromatic rings. The van der Waals surface area contributed by atoms with E-state index in [2.05, 4.69) is 0 Å². The van der Waals surface area contributed by atoms with Crippen LogP contribution in [-0.4, -0.2) is 23.9 Å². The summed E-state index contributed by atoms with van der Waals surface area (Å²) < 4.78 is 105. The Bertz CT molecular complexity index is 771. The molecule has 2 rings (SSSR count). The summed E-state index contributed by atoms with van der Waals surface area (Å²) in [5.74, 6) is -1.84. The molecule has 2 unspecified atom stereocenters. The zero-order valence-electron chi connectivity index (χ0n) is 14.5. The first-order valence-electron chi connectivity index (χ1n) is 7.79. The normalized spacial score (nSPS) is 14.0. The number of rotatable bonds is 7. The Balaban J connectivity index is 2.51. The Kier molecular flexibility index (Phi) is 7.66. The van der Waals surface area contributed by atoms with Gasteiger partial charge in [0, 0.05) is 20.9 Å². The van der Waals surface area contributed by atoms with E-state index in [1.165, 1.54) is 13.8 Å². The maximum Gasteiger partial charge on any atom is 0.278 e. The molecule has 28 heavy (non-hydrogen) atoms. The minimum atomic E-state index is -3.27. The van der Waals surface area contributed by atoms with Crippen LogP contribution in [0, 0.1) is 25.5 Å². The fourth-order valence-electron chi connectivity index (χ4n) is 2.32. The maximum absolute atomic E-state index is 14.4. The molecule has 0 heterocycles. The van der Waals surface area contributed by atoms with Gasteiger partial charge in [0.25, 0.3) is 12.9 Å². The second kappa shape index (κ2) is 9.39. The Morgan fingerprint density at radius 1 is 0.607 bits per heavy atom. The Morgan fingerprint density at radius 2 is 0.929 bits per heavy atom. The highest BCUT2D eigenvalue weighted by Crippen LogP contribution is 2.39. The van der Waals surface area contributed by atoms with E-state index in [1.54, 1.807) is 0 Å². The van der Waals surface area contributed by atoms with Crippen LogP contribution in [-0.2, 0) is 0 Å². The first kappa shape index (κ1) is 22.9. The van der Waals surface area contributed by atoms with Crippen molar-refractivity contribution in [2.45, 2.75) is 47.5 Å². The van der Waals surface area contributed by atoms with Crippen LogP contribution in [0.1, 0.15) is 11.1 Å². The third-order valence-corrected chi connectivity index (χ3v) is 5.94. The average Bonchev–Trinajstić information content (AvgIpc) is 2.59. The van der Waals surface area contributed by atoms with E-state index in [9.17, 15) is 35.1 Å². The lowest BCUT2D eigenvalue weighted by Gasteiger charge is -2.15. The van der Waals surface area contributed by atoms with Gasteiger partial charge in [0.15, 0.2) is 0 Å². The Labute approximate surface area is 164 Å². The largest absolute Gasteiger partial charge is 0.278 e. The molecule has 0 aliphatic heterocycles. The van der Waals surface area contributed by atoms with Gasteiger partial charge in [-0.15, -0.1) is 0 Å². The fourth-order valence-corrected chi connectivity index (χ4v) is 3.87. The third kappa shape index (κ3) is 5.34. The number of benzene rings is 2. The smallest absolute Gasteiger partial charge is 0.229 e. The highest BCUT2D eigenvalue weighted by atomic mass is 32.2. The van der Waals surface area contributed by atoms with Crippen LogP contribution in [0.3, 0.4) is 0 Å². The van der Waals surface area contributed by atoms with Crippen LogP contribution in [0.15, 0.2) is 34.1 Å². The number of hydrogen-bond acceptors (Lipinski definition) is 2. The van der Waals surface area contributed by atoms with Gasteiger partial charge in [-0.1, -0.05) is 23.5 Å². The minimum absolute atomic E-state index is 0.0330. The van der Waals surface area contributed by atoms with Gasteiger partial charge < -0.3 is 0 Å². The van der Waals surface area contributed by atoms with E-state index < -0.39 is 35.5 Å². The molecule has 2 aromatic carbocycles. The van der Waals surface area contributed by atoms with Crippen LogP contribution in [0.4, 0.5) is 35.1 Å². The van der Waals surface area contributed by atoms with Crippen molar-refractivity contribution in [2.75, 3.05) is 0 Å². The average molecular weight is 446 g/mol. The quantitative estimate of drug-likeness (QED) is 0.318. The second-order valence-corrected chi connectivity index (χ2v) is 8.05. The van der Waals surface area contributed by atoms with Gasteiger partial charge in [0.05, 0.1) is 0 Å². The molecule has 154 valence electrons. The van der Waals surface area contributed by atoms with Gasteiger partial charge in [-0.2, -0.15) is 0 Å². The van der Waals surface area contributed by atoms with E-state index >= 15 is 0 Å². The predicted octanol–water partition coefficient (Wildman–Crippen LogP) is 7.55. The molecule has 0 radical (unpaired) electrons. The van der Waals surface area contributed by atoms with E-state index in [0.717, 1.165) is 24.3 Å². The molecule has 0 N–H and O–H groups in total. The molecule has 0 spiro atoms. The number of thioether (sulfide) groups is 2. The number of alkyl halides is 6. The number of halogens is 8. The highest BCUT2D eigenvalue weighted by Gasteiger charge is 2.25. The predicted molar refractivity (Wildman–Crippen MR) is 94.8 cm³/mol. The van der Waals surface area contributed by atoms with Crippen LogP contribution < -0.4 is 0 Å². The maximum atomic E-state index is 14.4. The van der Waals surface area contributed by atoms with Crippen LogP contribution in [0.5, 0.6) is 0 Å². The van der Waals surface area contributed by atoms with Crippen LogP contribution in [0.2, 0.25) is 0 Å². The summed E-state index contributed by atoms with van der Waals surface area (Å²) in [6, 6.07) is 3.87. The molecule has 0 fully saturated rings. The molecule has 0 bridgehead atoms. The third-order valence-electron chi connectivity index (χ3n) is 3.69. The Morgan fingerprint density at radius 3 is 1.21 bits per heavy atom. The van der Waals surface area contributed by atoms with Crippen molar-refractivity contribution in [2.24, 2.45) is 0 Å². The SMILES string of the molecule is Cc1cc(F)c(-c2cc(SC(F)C(F)F)c(C)cc2F)cc1SC(F)C(F)F. The molecule has 0 saturated heterocycles. The summed E-state index contributed by atoms with van der Waals surface area (Å²) >= 11 is 0.307. The standard InChI is InChI=1S/C18H14F8S2/c1-7-3-11(19)9(5-13(7)27-17(25)15(21)22)10-6-14(8(2)4-12(10)20)28-18(26)16(23)24/h3-6,15-18H,1-2H3. The summed E-state index contributed by atoms with van der Waals surface area (Å²) in [5.41, 5.74) is -5.55. The Hall–Kier alpha value is -1.42. The van der Waals surface area contributed by atoms with Gasteiger partial charge in [-0.25, -0.2) is 35.1 Å². The van der Waals surface area contributed by atoms with Gasteiger partial charge in [-0.05, 0) is 49.2 Å². The van der Waals surface area contributed by atoms with Crippen molar-refractivity contribution in [1.29, 1.82) is 0 Å². The van der Waals surface area contributed by atoms with Crippen molar-refractivity contribution in [3.8, 4) is 11.1 Å². The highest BCUT2D eigenvalue weighted by molar-refractivity contribution is 8.00. The summed E-state index contributed by atoms with van der Waals surface area (Å²) in [7, 11) is 0. The first-order chi connectivity index (χ1) is 13.0. The van der Waals surface area contributed by atoms with Crippen molar-refractivity contribution >= 4 is 23.5 Å². The van der Waals surface area contributed by atoms with Crippen LogP contribution in [0.25, 0.3) is 11.1 Å². The second-order valence-electron chi connectivity index (χ2n) is 5.80. The van der Waals surface area contributed by atoms with Gasteiger partial charge in [-0.3, -0.25) is 0 Å². The van der Waals surface area contributed by atoms with E-state index in [0.29, 0.717) is 0 Å². The molecule has 0 aliphatic rings. The lowest BCUT2D eigenvalue weighted by atomic mass is 10.0. The van der Waals surface area contributed by atoms with Crippen molar-refractivity contribution in [1.82, 2.24) is 0 Å². The van der Waals surface area contributed by atoms with Gasteiger partial charge in [0.2, 0.25) is 11.0 Å². The van der Waals surface area contributed by atoms with Crippen molar-refractivity contribution in [3.05, 3.63) is 47.0 Å². The number of aryl methyl sites for hydroxylation is 2. The summed E-state index contributed by atoms with van der Waals surface area (Å²) in [6.45, 7) is 2.74. The van der Waals surface area contributed by atoms with E-state index in [1.807, 2.05) is 0 Å². The van der Waals surface area contributed by atoms with Crippen molar-refractivity contribution in [3.63, 3.8) is 0 Å². The molecule has 0 amide bonds. The monoisotopic (exact) mass is 446 g/mol. The summed E-state index contributed by atoms with van der Waals surface area (Å²) in [4.78, 5) is -0.0661. The first-order valence-corrected chi connectivity index (χ1v) is 9.55. The molecule has 2 atom stereocenters. The molecular formula is C18H14F8S2. The van der Waals surface area contributed by atoms with E-state index in [-0.39, 0.29) is 55.6 Å².